The number of hydrogen-bond acceptors (Lipinski definition) is 6. The second-order valence-corrected chi connectivity index (χ2v) is 5.92. The summed E-state index contributed by atoms with van der Waals surface area (Å²) in [4.78, 5) is 22.0. The van der Waals surface area contributed by atoms with Gasteiger partial charge in [-0.25, -0.2) is 9.78 Å². The Labute approximate surface area is 149 Å². The standard InChI is InChI=1S/C18H17N5O3/c24-17(25)14-10-20-23-9-8-22(11-15(14)23)18-19-7-6-16(21-18)26-12-13-4-2-1-3-5-13/h1-7,10H,8-9,11-12H2,(H,24,25). The molecule has 1 aliphatic rings. The summed E-state index contributed by atoms with van der Waals surface area (Å²) >= 11 is 0. The summed E-state index contributed by atoms with van der Waals surface area (Å²) in [6, 6.07) is 11.6. The normalized spacial score (nSPS) is 13.3. The first-order valence-corrected chi connectivity index (χ1v) is 8.23. The molecule has 0 unspecified atom stereocenters. The van der Waals surface area contributed by atoms with Gasteiger partial charge in [-0.05, 0) is 5.56 Å². The van der Waals surface area contributed by atoms with Gasteiger partial charge in [0, 0.05) is 18.8 Å². The second-order valence-electron chi connectivity index (χ2n) is 5.92. The van der Waals surface area contributed by atoms with Crippen LogP contribution in [0.4, 0.5) is 5.95 Å². The van der Waals surface area contributed by atoms with Crippen molar-refractivity contribution in [2.45, 2.75) is 19.7 Å². The average molecular weight is 351 g/mol. The molecule has 1 N–H and O–H groups in total. The van der Waals surface area contributed by atoms with E-state index in [2.05, 4.69) is 15.1 Å². The van der Waals surface area contributed by atoms with Crippen LogP contribution in [0.5, 0.6) is 5.88 Å². The average Bonchev–Trinajstić information content (AvgIpc) is 3.11. The molecule has 0 aliphatic carbocycles. The van der Waals surface area contributed by atoms with E-state index in [9.17, 15) is 9.90 Å². The molecule has 1 aromatic carbocycles. The van der Waals surface area contributed by atoms with E-state index in [1.807, 2.05) is 35.2 Å². The zero-order valence-electron chi connectivity index (χ0n) is 13.9. The number of ether oxygens (including phenoxy) is 1. The van der Waals surface area contributed by atoms with Crippen LogP contribution in [0, 0.1) is 0 Å². The smallest absolute Gasteiger partial charge is 0.339 e. The van der Waals surface area contributed by atoms with E-state index in [1.165, 1.54) is 6.20 Å². The molecule has 1 aliphatic heterocycles. The van der Waals surface area contributed by atoms with Crippen LogP contribution in [0.15, 0.2) is 48.8 Å². The Bertz CT molecular complexity index is 926. The minimum absolute atomic E-state index is 0.214. The second kappa shape index (κ2) is 6.83. The SMILES string of the molecule is O=C(O)c1cnn2c1CN(c1nccc(OCc3ccccc3)n1)CC2. The summed E-state index contributed by atoms with van der Waals surface area (Å²) in [5, 5.41) is 13.4. The largest absolute Gasteiger partial charge is 0.478 e. The molecule has 0 bridgehead atoms. The number of anilines is 1. The van der Waals surface area contributed by atoms with Gasteiger partial charge in [0.25, 0.3) is 0 Å². The number of aromatic nitrogens is 4. The lowest BCUT2D eigenvalue weighted by atomic mass is 10.2. The van der Waals surface area contributed by atoms with Crippen molar-refractivity contribution in [2.75, 3.05) is 11.4 Å². The molecular weight excluding hydrogens is 334 g/mol. The number of rotatable bonds is 5. The van der Waals surface area contributed by atoms with Gasteiger partial charge >= 0.3 is 5.97 Å². The molecule has 0 atom stereocenters. The summed E-state index contributed by atoms with van der Waals surface area (Å²) in [6.45, 7) is 2.05. The molecule has 0 saturated heterocycles. The number of benzene rings is 1. The Hall–Kier alpha value is -3.42. The summed E-state index contributed by atoms with van der Waals surface area (Å²) < 4.78 is 7.47. The lowest BCUT2D eigenvalue weighted by Gasteiger charge is -2.28. The van der Waals surface area contributed by atoms with Crippen LogP contribution in [0.25, 0.3) is 0 Å². The maximum absolute atomic E-state index is 11.3. The van der Waals surface area contributed by atoms with Gasteiger partial charge in [0.2, 0.25) is 11.8 Å². The first kappa shape index (κ1) is 16.1. The maximum atomic E-state index is 11.3. The van der Waals surface area contributed by atoms with Crippen LogP contribution < -0.4 is 9.64 Å². The van der Waals surface area contributed by atoms with Gasteiger partial charge in [-0.3, -0.25) is 4.68 Å². The van der Waals surface area contributed by atoms with Crippen molar-refractivity contribution in [3.05, 3.63) is 65.6 Å². The van der Waals surface area contributed by atoms with Crippen LogP contribution in [0.1, 0.15) is 21.6 Å². The van der Waals surface area contributed by atoms with E-state index in [1.54, 1.807) is 16.9 Å². The monoisotopic (exact) mass is 351 g/mol. The van der Waals surface area contributed by atoms with E-state index in [4.69, 9.17) is 4.74 Å². The van der Waals surface area contributed by atoms with Gasteiger partial charge in [-0.2, -0.15) is 10.1 Å². The summed E-state index contributed by atoms with van der Waals surface area (Å²) in [6.07, 6.45) is 3.04. The minimum Gasteiger partial charge on any atom is -0.478 e. The minimum atomic E-state index is -0.978. The number of hydrogen-bond donors (Lipinski definition) is 1. The first-order valence-electron chi connectivity index (χ1n) is 8.23. The molecule has 3 heterocycles. The number of nitrogens with zero attached hydrogens (tertiary/aromatic N) is 5. The lowest BCUT2D eigenvalue weighted by molar-refractivity contribution is 0.0695. The van der Waals surface area contributed by atoms with Gasteiger partial charge in [-0.1, -0.05) is 30.3 Å². The van der Waals surface area contributed by atoms with Crippen molar-refractivity contribution in [3.63, 3.8) is 0 Å². The Balaban J connectivity index is 1.50. The van der Waals surface area contributed by atoms with Crippen LogP contribution >= 0.6 is 0 Å². The van der Waals surface area contributed by atoms with Gasteiger partial charge in [0.15, 0.2) is 0 Å². The highest BCUT2D eigenvalue weighted by molar-refractivity contribution is 5.88. The van der Waals surface area contributed by atoms with Gasteiger partial charge in [-0.15, -0.1) is 0 Å². The number of aromatic carboxylic acids is 1. The predicted octanol–water partition coefficient (Wildman–Crippen LogP) is 1.97. The number of fused-ring (bicyclic) bond motifs is 1. The van der Waals surface area contributed by atoms with E-state index in [0.29, 0.717) is 43.8 Å². The van der Waals surface area contributed by atoms with Crippen molar-refractivity contribution in [3.8, 4) is 5.88 Å². The van der Waals surface area contributed by atoms with E-state index >= 15 is 0 Å². The quantitative estimate of drug-likeness (QED) is 0.751. The van der Waals surface area contributed by atoms with E-state index in [-0.39, 0.29) is 5.56 Å². The molecule has 0 saturated carbocycles. The topological polar surface area (TPSA) is 93.4 Å². The Morgan fingerprint density at radius 1 is 1.19 bits per heavy atom. The fourth-order valence-electron chi connectivity index (χ4n) is 2.89. The Morgan fingerprint density at radius 2 is 2.04 bits per heavy atom. The molecule has 8 nitrogen and oxygen atoms in total. The fourth-order valence-corrected chi connectivity index (χ4v) is 2.89. The van der Waals surface area contributed by atoms with Crippen LogP contribution in [0.2, 0.25) is 0 Å². The van der Waals surface area contributed by atoms with Crippen molar-refractivity contribution in [2.24, 2.45) is 0 Å². The zero-order valence-corrected chi connectivity index (χ0v) is 13.9. The molecule has 0 radical (unpaired) electrons. The Morgan fingerprint density at radius 3 is 2.85 bits per heavy atom. The molecule has 4 rings (SSSR count). The molecule has 3 aromatic rings. The zero-order chi connectivity index (χ0) is 17.9. The van der Waals surface area contributed by atoms with Crippen molar-refractivity contribution >= 4 is 11.9 Å². The van der Waals surface area contributed by atoms with Crippen LogP contribution in [0.3, 0.4) is 0 Å². The summed E-state index contributed by atoms with van der Waals surface area (Å²) in [7, 11) is 0. The first-order chi connectivity index (χ1) is 12.7. The summed E-state index contributed by atoms with van der Waals surface area (Å²) in [5.41, 5.74) is 1.93. The molecule has 8 heteroatoms. The van der Waals surface area contributed by atoms with E-state index in [0.717, 1.165) is 5.56 Å². The predicted molar refractivity (Wildman–Crippen MR) is 93.0 cm³/mol. The van der Waals surface area contributed by atoms with Crippen molar-refractivity contribution < 1.29 is 14.6 Å². The number of carbonyl (C=O) groups is 1. The van der Waals surface area contributed by atoms with Crippen molar-refractivity contribution in [1.29, 1.82) is 0 Å². The lowest BCUT2D eigenvalue weighted by Crippen LogP contribution is -2.35. The van der Waals surface area contributed by atoms with Crippen LogP contribution in [-0.2, 0) is 19.7 Å². The number of carboxylic acid groups (broad SMARTS) is 1. The molecular formula is C18H17N5O3. The van der Waals surface area contributed by atoms with Gasteiger partial charge < -0.3 is 14.7 Å². The van der Waals surface area contributed by atoms with E-state index < -0.39 is 5.97 Å². The highest BCUT2D eigenvalue weighted by Gasteiger charge is 2.25. The molecule has 2 aromatic heterocycles. The molecule has 26 heavy (non-hydrogen) atoms. The van der Waals surface area contributed by atoms with Gasteiger partial charge in [0.1, 0.15) is 12.2 Å². The molecule has 0 fully saturated rings. The highest BCUT2D eigenvalue weighted by atomic mass is 16.5. The van der Waals surface area contributed by atoms with Gasteiger partial charge in [0.05, 0.1) is 25.0 Å². The third-order valence-corrected chi connectivity index (χ3v) is 4.23. The Kier molecular flexibility index (Phi) is 4.22. The number of carboxylic acids is 1. The maximum Gasteiger partial charge on any atom is 0.339 e. The van der Waals surface area contributed by atoms with Crippen molar-refractivity contribution in [1.82, 2.24) is 19.7 Å². The molecule has 0 amide bonds. The third kappa shape index (κ3) is 3.21. The highest BCUT2D eigenvalue weighted by Crippen LogP contribution is 2.21. The fraction of sp³-hybridized carbons (Fsp3) is 0.222. The molecule has 0 spiro atoms. The summed E-state index contributed by atoms with van der Waals surface area (Å²) in [5.74, 6) is 0.0182. The molecule has 132 valence electrons. The van der Waals surface area contributed by atoms with Crippen LogP contribution in [-0.4, -0.2) is 37.4 Å². The third-order valence-electron chi connectivity index (χ3n) is 4.23.